The topological polar surface area (TPSA) is 83.9 Å². The minimum atomic E-state index is -3.27. The van der Waals surface area contributed by atoms with Gasteiger partial charge in [-0.3, -0.25) is 4.79 Å². The molecule has 20 heavy (non-hydrogen) atoms. The lowest BCUT2D eigenvalue weighted by molar-refractivity contribution is -0.136. The molecule has 0 bridgehead atoms. The Kier molecular flexibility index (Phi) is 4.29. The number of aryl methyl sites for hydroxylation is 1. The number of carbonyl (C=O) groups is 1. The Labute approximate surface area is 118 Å². The van der Waals surface area contributed by atoms with E-state index in [-0.39, 0.29) is 13.0 Å². The number of carboxylic acids is 1. The predicted octanol–water partition coefficient (Wildman–Crippen LogP) is 0.858. The molecule has 110 valence electrons. The number of aliphatic carboxylic acids is 1. The van der Waals surface area contributed by atoms with E-state index in [1.165, 1.54) is 10.6 Å². The molecule has 0 radical (unpaired) electrons. The van der Waals surface area contributed by atoms with Crippen LogP contribution < -0.4 is 4.74 Å². The number of sulfonamides is 1. The number of hydrogen-bond acceptors (Lipinski definition) is 4. The molecule has 2 rings (SSSR count). The van der Waals surface area contributed by atoms with Crippen molar-refractivity contribution in [3.05, 3.63) is 29.3 Å². The van der Waals surface area contributed by atoms with Gasteiger partial charge < -0.3 is 9.84 Å². The molecule has 1 heterocycles. The summed E-state index contributed by atoms with van der Waals surface area (Å²) in [6.07, 6.45) is 1.64. The number of fused-ring (bicyclic) bond motifs is 1. The van der Waals surface area contributed by atoms with E-state index in [1.54, 1.807) is 6.07 Å². The first-order valence-corrected chi connectivity index (χ1v) is 8.12. The second kappa shape index (κ2) is 5.80. The zero-order valence-electron chi connectivity index (χ0n) is 11.2. The summed E-state index contributed by atoms with van der Waals surface area (Å²) in [5.41, 5.74) is 1.64. The molecule has 6 nitrogen and oxygen atoms in total. The van der Waals surface area contributed by atoms with Crippen molar-refractivity contribution in [2.45, 2.75) is 19.4 Å². The van der Waals surface area contributed by atoms with Gasteiger partial charge in [-0.15, -0.1) is 0 Å². The summed E-state index contributed by atoms with van der Waals surface area (Å²) in [5, 5.41) is 8.69. The van der Waals surface area contributed by atoms with E-state index in [1.807, 2.05) is 12.1 Å². The van der Waals surface area contributed by atoms with E-state index in [0.29, 0.717) is 25.3 Å². The van der Waals surface area contributed by atoms with Crippen LogP contribution in [0.2, 0.25) is 0 Å². The van der Waals surface area contributed by atoms with Crippen molar-refractivity contribution in [2.24, 2.45) is 0 Å². The van der Waals surface area contributed by atoms with E-state index >= 15 is 0 Å². The first-order valence-electron chi connectivity index (χ1n) is 6.28. The van der Waals surface area contributed by atoms with E-state index in [4.69, 9.17) is 9.84 Å². The van der Waals surface area contributed by atoms with Crippen LogP contribution in [0.15, 0.2) is 18.2 Å². The van der Waals surface area contributed by atoms with Crippen molar-refractivity contribution in [1.29, 1.82) is 0 Å². The average Bonchev–Trinajstić information content (AvgIpc) is 2.57. The van der Waals surface area contributed by atoms with Gasteiger partial charge in [-0.25, -0.2) is 8.42 Å². The smallest absolute Gasteiger partial charge is 0.303 e. The number of rotatable bonds is 4. The molecule has 1 aromatic carbocycles. The molecule has 0 saturated carbocycles. The van der Waals surface area contributed by atoms with Crippen LogP contribution in [0.5, 0.6) is 5.75 Å². The Balaban J connectivity index is 2.23. The Bertz CT molecular complexity index is 611. The normalized spacial score (nSPS) is 16.1. The van der Waals surface area contributed by atoms with Crippen LogP contribution in [0.1, 0.15) is 17.5 Å². The lowest BCUT2D eigenvalue weighted by Gasteiger charge is -2.16. The number of carboxylic acid groups (broad SMARTS) is 1. The third kappa shape index (κ3) is 3.71. The van der Waals surface area contributed by atoms with Crippen LogP contribution in [-0.2, 0) is 27.8 Å². The Morgan fingerprint density at radius 1 is 1.45 bits per heavy atom. The molecule has 1 aliphatic rings. The maximum Gasteiger partial charge on any atom is 0.303 e. The summed E-state index contributed by atoms with van der Waals surface area (Å²) in [6.45, 7) is 0.890. The van der Waals surface area contributed by atoms with Crippen LogP contribution in [0.25, 0.3) is 0 Å². The summed E-state index contributed by atoms with van der Waals surface area (Å²) in [5.74, 6) is -0.191. The molecule has 7 heteroatoms. The SMILES string of the molecule is CS(=O)(=O)N1CCOc2ccc(CCC(=O)O)cc2C1. The molecule has 0 atom stereocenters. The van der Waals surface area contributed by atoms with Crippen LogP contribution >= 0.6 is 0 Å². The largest absolute Gasteiger partial charge is 0.492 e. The van der Waals surface area contributed by atoms with Crippen molar-refractivity contribution < 1.29 is 23.1 Å². The molecule has 0 saturated heterocycles. The summed E-state index contributed by atoms with van der Waals surface area (Å²) in [4.78, 5) is 10.6. The van der Waals surface area contributed by atoms with Crippen molar-refractivity contribution in [3.63, 3.8) is 0 Å². The van der Waals surface area contributed by atoms with Gasteiger partial charge in [0.15, 0.2) is 0 Å². The van der Waals surface area contributed by atoms with Gasteiger partial charge in [0.2, 0.25) is 10.0 Å². The number of ether oxygens (including phenoxy) is 1. The fraction of sp³-hybridized carbons (Fsp3) is 0.462. The molecule has 1 N–H and O–H groups in total. The van der Waals surface area contributed by atoms with Crippen molar-refractivity contribution in [1.82, 2.24) is 4.31 Å². The molecular formula is C13H17NO5S. The fourth-order valence-corrected chi connectivity index (χ4v) is 2.89. The molecule has 0 aliphatic carbocycles. The number of nitrogens with zero attached hydrogens (tertiary/aromatic N) is 1. The van der Waals surface area contributed by atoms with Gasteiger partial charge in [-0.1, -0.05) is 12.1 Å². The lowest BCUT2D eigenvalue weighted by atomic mass is 10.1. The molecule has 0 spiro atoms. The highest BCUT2D eigenvalue weighted by molar-refractivity contribution is 7.88. The third-order valence-electron chi connectivity index (χ3n) is 3.17. The Morgan fingerprint density at radius 3 is 2.85 bits per heavy atom. The van der Waals surface area contributed by atoms with Gasteiger partial charge in [-0.05, 0) is 18.1 Å². The van der Waals surface area contributed by atoms with Crippen LogP contribution in [0.3, 0.4) is 0 Å². The van der Waals surface area contributed by atoms with Crippen LogP contribution in [0, 0.1) is 0 Å². The average molecular weight is 299 g/mol. The highest BCUT2D eigenvalue weighted by Gasteiger charge is 2.22. The second-order valence-corrected chi connectivity index (χ2v) is 6.76. The van der Waals surface area contributed by atoms with E-state index in [2.05, 4.69) is 0 Å². The summed E-state index contributed by atoms with van der Waals surface area (Å²) in [7, 11) is -3.27. The molecule has 0 aromatic heterocycles. The quantitative estimate of drug-likeness (QED) is 0.891. The van der Waals surface area contributed by atoms with Crippen molar-refractivity contribution in [2.75, 3.05) is 19.4 Å². The zero-order chi connectivity index (χ0) is 14.8. The molecule has 0 amide bonds. The van der Waals surface area contributed by atoms with E-state index in [0.717, 1.165) is 11.1 Å². The summed E-state index contributed by atoms with van der Waals surface area (Å²) < 4.78 is 30.2. The molecule has 1 aliphatic heterocycles. The van der Waals surface area contributed by atoms with Crippen molar-refractivity contribution >= 4 is 16.0 Å². The summed E-state index contributed by atoms with van der Waals surface area (Å²) in [6, 6.07) is 5.41. The monoisotopic (exact) mass is 299 g/mol. The lowest BCUT2D eigenvalue weighted by Crippen LogP contribution is -2.31. The Morgan fingerprint density at radius 2 is 2.20 bits per heavy atom. The maximum atomic E-state index is 11.6. The number of hydrogen-bond donors (Lipinski definition) is 1. The summed E-state index contributed by atoms with van der Waals surface area (Å²) >= 11 is 0. The van der Waals surface area contributed by atoms with Crippen molar-refractivity contribution in [3.8, 4) is 5.75 Å². The molecular weight excluding hydrogens is 282 g/mol. The molecule has 0 unspecified atom stereocenters. The molecule has 1 aromatic rings. The second-order valence-electron chi connectivity index (χ2n) is 4.78. The predicted molar refractivity (Wildman–Crippen MR) is 73.1 cm³/mol. The maximum absolute atomic E-state index is 11.6. The van der Waals surface area contributed by atoms with Gasteiger partial charge >= 0.3 is 5.97 Å². The highest BCUT2D eigenvalue weighted by Crippen LogP contribution is 2.25. The zero-order valence-corrected chi connectivity index (χ0v) is 12.0. The fourth-order valence-electron chi connectivity index (χ4n) is 2.11. The minimum Gasteiger partial charge on any atom is -0.492 e. The molecule has 0 fully saturated rings. The van der Waals surface area contributed by atoms with Gasteiger partial charge in [0.1, 0.15) is 12.4 Å². The van der Waals surface area contributed by atoms with Crippen LogP contribution in [0.4, 0.5) is 0 Å². The third-order valence-corrected chi connectivity index (χ3v) is 4.42. The van der Waals surface area contributed by atoms with Crippen LogP contribution in [-0.4, -0.2) is 43.2 Å². The highest BCUT2D eigenvalue weighted by atomic mass is 32.2. The van der Waals surface area contributed by atoms with Gasteiger partial charge in [0.05, 0.1) is 6.26 Å². The Hall–Kier alpha value is -1.60. The minimum absolute atomic E-state index is 0.0510. The van der Waals surface area contributed by atoms with E-state index < -0.39 is 16.0 Å². The van der Waals surface area contributed by atoms with Gasteiger partial charge in [-0.2, -0.15) is 4.31 Å². The first-order chi connectivity index (χ1) is 9.36. The van der Waals surface area contributed by atoms with Gasteiger partial charge in [0.25, 0.3) is 0 Å². The standard InChI is InChI=1S/C13H17NO5S/c1-20(17,18)14-6-7-19-12-4-2-10(3-5-13(15)16)8-11(12)9-14/h2,4,8H,3,5-7,9H2,1H3,(H,15,16). The van der Waals surface area contributed by atoms with Gasteiger partial charge in [0, 0.05) is 25.1 Å². The first kappa shape index (κ1) is 14.8. The van der Waals surface area contributed by atoms with E-state index in [9.17, 15) is 13.2 Å². The number of benzene rings is 1.